The van der Waals surface area contributed by atoms with E-state index in [2.05, 4.69) is 17.7 Å². The highest BCUT2D eigenvalue weighted by atomic mass is 32.2. The summed E-state index contributed by atoms with van der Waals surface area (Å²) in [6.07, 6.45) is 5.24. The van der Waals surface area contributed by atoms with Gasteiger partial charge in [0, 0.05) is 6.08 Å². The number of carbonyl (C=O) groups is 2. The Morgan fingerprint density at radius 3 is 2.69 bits per heavy atom. The van der Waals surface area contributed by atoms with Gasteiger partial charge in [-0.2, -0.15) is 0 Å². The number of ether oxygens (including phenoxy) is 1. The monoisotopic (exact) mass is 238 g/mol. The maximum absolute atomic E-state index is 11.6. The molecule has 4 heteroatoms. The van der Waals surface area contributed by atoms with Crippen molar-refractivity contribution >= 4 is 23.7 Å². The lowest BCUT2D eigenvalue weighted by molar-refractivity contribution is -0.150. The smallest absolute Gasteiger partial charge is 0.343 e. The molecule has 0 N–H and O–H groups in total. The molecule has 16 heavy (non-hydrogen) atoms. The quantitative estimate of drug-likeness (QED) is 0.559. The number of thioether (sulfide) groups is 1. The Kier molecular flexibility index (Phi) is 2.93. The lowest BCUT2D eigenvalue weighted by atomic mass is 9.81. The molecule has 2 aliphatic heterocycles. The Labute approximate surface area is 98.9 Å². The fraction of sp³-hybridized carbons (Fsp3) is 0.500. The number of cyclic esters (lactones) is 2. The summed E-state index contributed by atoms with van der Waals surface area (Å²) in [6.45, 7) is 4.13. The van der Waals surface area contributed by atoms with Gasteiger partial charge in [0.25, 0.3) is 0 Å². The highest BCUT2D eigenvalue weighted by Gasteiger charge is 2.47. The van der Waals surface area contributed by atoms with Crippen molar-refractivity contribution in [2.75, 3.05) is 0 Å². The molecule has 2 rings (SSSR count). The van der Waals surface area contributed by atoms with Crippen LogP contribution in [0.1, 0.15) is 26.7 Å². The predicted octanol–water partition coefficient (Wildman–Crippen LogP) is 2.43. The first kappa shape index (κ1) is 11.5. The van der Waals surface area contributed by atoms with Crippen LogP contribution >= 0.6 is 11.8 Å². The molecule has 3 nitrogen and oxygen atoms in total. The molecule has 2 aliphatic rings. The van der Waals surface area contributed by atoms with E-state index in [0.717, 1.165) is 12.8 Å². The van der Waals surface area contributed by atoms with Crippen LogP contribution in [0.5, 0.6) is 0 Å². The highest BCUT2D eigenvalue weighted by molar-refractivity contribution is 8.04. The number of allylic oxidation sites excluding steroid dienone is 1. The largest absolute Gasteiger partial charge is 0.386 e. The van der Waals surface area contributed by atoms with E-state index in [-0.39, 0.29) is 4.75 Å². The van der Waals surface area contributed by atoms with Gasteiger partial charge in [-0.3, -0.25) is 0 Å². The molecule has 0 saturated carbocycles. The average Bonchev–Trinajstić information content (AvgIpc) is 2.82. The van der Waals surface area contributed by atoms with Crippen LogP contribution in [0.4, 0.5) is 0 Å². The van der Waals surface area contributed by atoms with Gasteiger partial charge in [0.1, 0.15) is 0 Å². The number of carbonyl (C=O) groups excluding carboxylic acids is 2. The zero-order valence-corrected chi connectivity index (χ0v) is 10.2. The Balaban J connectivity index is 2.39. The van der Waals surface area contributed by atoms with Gasteiger partial charge < -0.3 is 4.74 Å². The summed E-state index contributed by atoms with van der Waals surface area (Å²) in [4.78, 5) is 22.8. The number of esters is 2. The maximum Gasteiger partial charge on any atom is 0.343 e. The van der Waals surface area contributed by atoms with Crippen molar-refractivity contribution in [3.8, 4) is 0 Å². The lowest BCUT2D eigenvalue weighted by Gasteiger charge is -2.32. The summed E-state index contributed by atoms with van der Waals surface area (Å²) in [5.74, 6) is -0.705. The van der Waals surface area contributed by atoms with Gasteiger partial charge in [0.15, 0.2) is 0 Å². The van der Waals surface area contributed by atoms with Gasteiger partial charge in [-0.05, 0) is 24.2 Å². The third-order valence-corrected chi connectivity index (χ3v) is 4.81. The lowest BCUT2D eigenvalue weighted by Crippen LogP contribution is -2.34. The molecule has 0 radical (unpaired) electrons. The molecule has 2 heterocycles. The van der Waals surface area contributed by atoms with Gasteiger partial charge in [-0.25, -0.2) is 9.59 Å². The van der Waals surface area contributed by atoms with Gasteiger partial charge in [-0.1, -0.05) is 19.9 Å². The second kappa shape index (κ2) is 4.09. The van der Waals surface area contributed by atoms with Crippen LogP contribution in [0.2, 0.25) is 0 Å². The molecule has 0 amide bonds. The first-order valence-corrected chi connectivity index (χ1v) is 6.34. The van der Waals surface area contributed by atoms with E-state index >= 15 is 0 Å². The van der Waals surface area contributed by atoms with Crippen LogP contribution in [0.15, 0.2) is 23.1 Å². The zero-order valence-electron chi connectivity index (χ0n) is 9.36. The zero-order chi connectivity index (χ0) is 11.8. The minimum Gasteiger partial charge on any atom is -0.386 e. The van der Waals surface area contributed by atoms with Crippen molar-refractivity contribution < 1.29 is 14.3 Å². The second-order valence-electron chi connectivity index (χ2n) is 3.97. The Hall–Kier alpha value is -1.03. The summed E-state index contributed by atoms with van der Waals surface area (Å²) >= 11 is 1.62. The van der Waals surface area contributed by atoms with E-state index in [9.17, 15) is 9.59 Å². The molecule has 0 aliphatic carbocycles. The molecule has 0 spiro atoms. The summed E-state index contributed by atoms with van der Waals surface area (Å²) in [6, 6.07) is 0. The molecular formula is C12H14O3S. The molecule has 0 saturated heterocycles. The summed E-state index contributed by atoms with van der Waals surface area (Å²) in [7, 11) is 0. The predicted molar refractivity (Wildman–Crippen MR) is 62.7 cm³/mol. The molecule has 2 atom stereocenters. The van der Waals surface area contributed by atoms with Crippen LogP contribution in [0.3, 0.4) is 0 Å². The van der Waals surface area contributed by atoms with Crippen LogP contribution in [-0.2, 0) is 14.3 Å². The van der Waals surface area contributed by atoms with Crippen LogP contribution in [-0.4, -0.2) is 16.7 Å². The molecular weight excluding hydrogens is 224 g/mol. The molecule has 0 bridgehead atoms. The fourth-order valence-corrected chi connectivity index (χ4v) is 3.78. The van der Waals surface area contributed by atoms with Crippen molar-refractivity contribution in [3.05, 3.63) is 23.1 Å². The molecule has 0 aromatic rings. The second-order valence-corrected chi connectivity index (χ2v) is 5.21. The molecule has 0 aromatic heterocycles. The summed E-state index contributed by atoms with van der Waals surface area (Å²) < 4.78 is 4.30. The number of hydrogen-bond acceptors (Lipinski definition) is 4. The van der Waals surface area contributed by atoms with E-state index in [1.54, 1.807) is 11.8 Å². The third kappa shape index (κ3) is 1.52. The Morgan fingerprint density at radius 2 is 2.19 bits per heavy atom. The SMILES string of the molecule is CCC1C=CSC1(CC)C1=CC(=O)OC1=O. The van der Waals surface area contributed by atoms with Crippen molar-refractivity contribution in [2.45, 2.75) is 31.4 Å². The molecule has 86 valence electrons. The number of rotatable bonds is 3. The van der Waals surface area contributed by atoms with E-state index in [4.69, 9.17) is 0 Å². The van der Waals surface area contributed by atoms with Crippen molar-refractivity contribution in [2.24, 2.45) is 5.92 Å². The highest BCUT2D eigenvalue weighted by Crippen LogP contribution is 2.51. The fourth-order valence-electron chi connectivity index (χ4n) is 2.41. The average molecular weight is 238 g/mol. The van der Waals surface area contributed by atoms with Crippen LogP contribution in [0, 0.1) is 5.92 Å². The first-order valence-electron chi connectivity index (χ1n) is 5.47. The van der Waals surface area contributed by atoms with Gasteiger partial charge in [0.2, 0.25) is 0 Å². The van der Waals surface area contributed by atoms with Crippen LogP contribution < -0.4 is 0 Å². The van der Waals surface area contributed by atoms with Gasteiger partial charge in [-0.15, -0.1) is 11.8 Å². The summed E-state index contributed by atoms with van der Waals surface area (Å²) in [5, 5.41) is 2.02. The summed E-state index contributed by atoms with van der Waals surface area (Å²) in [5.41, 5.74) is 0.529. The maximum atomic E-state index is 11.6. The number of hydrogen-bond donors (Lipinski definition) is 0. The van der Waals surface area contributed by atoms with Gasteiger partial charge in [0.05, 0.1) is 10.3 Å². The normalized spacial score (nSPS) is 33.1. The van der Waals surface area contributed by atoms with Gasteiger partial charge >= 0.3 is 11.9 Å². The first-order chi connectivity index (χ1) is 7.64. The molecule has 2 unspecified atom stereocenters. The van der Waals surface area contributed by atoms with E-state index in [1.807, 2.05) is 12.3 Å². The Bertz CT molecular complexity index is 397. The Morgan fingerprint density at radius 1 is 1.44 bits per heavy atom. The molecule has 0 aromatic carbocycles. The molecule has 0 fully saturated rings. The van der Waals surface area contributed by atoms with Crippen LogP contribution in [0.25, 0.3) is 0 Å². The van der Waals surface area contributed by atoms with Crippen molar-refractivity contribution in [1.82, 2.24) is 0 Å². The van der Waals surface area contributed by atoms with E-state index in [1.165, 1.54) is 6.08 Å². The third-order valence-electron chi connectivity index (χ3n) is 3.28. The standard InChI is InChI=1S/C12H14O3S/c1-3-8-5-6-16-12(8,4-2)9-7-10(13)15-11(9)14/h5-8H,3-4H2,1-2H3. The topological polar surface area (TPSA) is 43.4 Å². The van der Waals surface area contributed by atoms with E-state index < -0.39 is 11.9 Å². The van der Waals surface area contributed by atoms with Crippen molar-refractivity contribution in [1.29, 1.82) is 0 Å². The van der Waals surface area contributed by atoms with E-state index in [0.29, 0.717) is 11.5 Å². The van der Waals surface area contributed by atoms with Crippen molar-refractivity contribution in [3.63, 3.8) is 0 Å². The minimum atomic E-state index is -0.532. The minimum absolute atomic E-state index is 0.294.